The molecule has 4 nitrogen and oxygen atoms in total. The summed E-state index contributed by atoms with van der Waals surface area (Å²) in [5.74, 6) is 1.39. The van der Waals surface area contributed by atoms with Crippen LogP contribution in [-0.2, 0) is 0 Å². The zero-order chi connectivity index (χ0) is 12.8. The molecule has 0 bridgehead atoms. The summed E-state index contributed by atoms with van der Waals surface area (Å²) in [7, 11) is 1.60. The van der Waals surface area contributed by atoms with E-state index in [1.165, 1.54) is 0 Å². The van der Waals surface area contributed by atoms with E-state index in [4.69, 9.17) is 15.2 Å². The minimum absolute atomic E-state index is 0.116. The molecule has 4 heteroatoms. The Kier molecular flexibility index (Phi) is 5.25. The summed E-state index contributed by atoms with van der Waals surface area (Å²) in [5.41, 5.74) is 6.77. The largest absolute Gasteiger partial charge is 0.497 e. The summed E-state index contributed by atoms with van der Waals surface area (Å²) in [4.78, 5) is 0. The highest BCUT2D eigenvalue weighted by atomic mass is 16.5. The summed E-state index contributed by atoms with van der Waals surface area (Å²) in [5, 5.41) is 9.49. The van der Waals surface area contributed by atoms with Crippen molar-refractivity contribution < 1.29 is 14.6 Å². The van der Waals surface area contributed by atoms with Gasteiger partial charge in [-0.25, -0.2) is 0 Å². The van der Waals surface area contributed by atoms with Gasteiger partial charge in [0.2, 0.25) is 0 Å². The lowest BCUT2D eigenvalue weighted by Gasteiger charge is -2.16. The second-order valence-corrected chi connectivity index (χ2v) is 4.07. The van der Waals surface area contributed by atoms with E-state index in [0.717, 1.165) is 11.3 Å². The van der Waals surface area contributed by atoms with Gasteiger partial charge in [-0.1, -0.05) is 13.0 Å². The Morgan fingerprint density at radius 1 is 1.41 bits per heavy atom. The van der Waals surface area contributed by atoms with Gasteiger partial charge in [0.25, 0.3) is 0 Å². The van der Waals surface area contributed by atoms with Crippen LogP contribution in [0.5, 0.6) is 11.5 Å². The molecule has 0 aromatic heterocycles. The molecule has 1 aromatic rings. The van der Waals surface area contributed by atoms with Crippen molar-refractivity contribution in [2.75, 3.05) is 13.7 Å². The molecule has 2 atom stereocenters. The summed E-state index contributed by atoms with van der Waals surface area (Å²) >= 11 is 0. The van der Waals surface area contributed by atoms with Crippen molar-refractivity contribution in [3.8, 4) is 11.5 Å². The molecule has 0 amide bonds. The van der Waals surface area contributed by atoms with Crippen LogP contribution in [0.2, 0.25) is 0 Å². The Bertz CT molecular complexity index is 353. The van der Waals surface area contributed by atoms with Gasteiger partial charge in [0, 0.05) is 17.7 Å². The molecule has 0 saturated heterocycles. The second-order valence-electron chi connectivity index (χ2n) is 4.07. The van der Waals surface area contributed by atoms with Gasteiger partial charge >= 0.3 is 0 Å². The van der Waals surface area contributed by atoms with E-state index in [2.05, 4.69) is 0 Å². The van der Waals surface area contributed by atoms with Crippen molar-refractivity contribution in [1.82, 2.24) is 0 Å². The van der Waals surface area contributed by atoms with Gasteiger partial charge in [0.1, 0.15) is 18.1 Å². The third-order valence-corrected chi connectivity index (χ3v) is 2.61. The van der Waals surface area contributed by atoms with Crippen LogP contribution < -0.4 is 15.2 Å². The highest BCUT2D eigenvalue weighted by molar-refractivity contribution is 5.42. The van der Waals surface area contributed by atoms with E-state index in [-0.39, 0.29) is 12.6 Å². The van der Waals surface area contributed by atoms with Crippen LogP contribution in [0.4, 0.5) is 0 Å². The molecule has 96 valence electrons. The minimum Gasteiger partial charge on any atom is -0.497 e. The van der Waals surface area contributed by atoms with Crippen LogP contribution in [0.1, 0.15) is 31.9 Å². The van der Waals surface area contributed by atoms with Gasteiger partial charge in [-0.2, -0.15) is 0 Å². The number of nitrogens with two attached hydrogens (primary N) is 1. The molecular weight excluding hydrogens is 218 g/mol. The van der Waals surface area contributed by atoms with E-state index >= 15 is 0 Å². The first-order valence-electron chi connectivity index (χ1n) is 5.82. The summed E-state index contributed by atoms with van der Waals surface area (Å²) in [6, 6.07) is 5.41. The predicted molar refractivity (Wildman–Crippen MR) is 67.4 cm³/mol. The number of methoxy groups -OCH3 is 1. The van der Waals surface area contributed by atoms with Gasteiger partial charge in [0.05, 0.1) is 13.2 Å². The van der Waals surface area contributed by atoms with Crippen molar-refractivity contribution in [1.29, 1.82) is 0 Å². The quantitative estimate of drug-likeness (QED) is 0.795. The molecule has 1 rings (SSSR count). The van der Waals surface area contributed by atoms with Gasteiger partial charge in [0.15, 0.2) is 0 Å². The number of hydrogen-bond acceptors (Lipinski definition) is 4. The van der Waals surface area contributed by atoms with Gasteiger partial charge in [-0.05, 0) is 19.4 Å². The lowest BCUT2D eigenvalue weighted by molar-refractivity contribution is 0.103. The van der Waals surface area contributed by atoms with E-state index in [1.54, 1.807) is 13.2 Å². The highest BCUT2D eigenvalue weighted by Gasteiger charge is 2.11. The summed E-state index contributed by atoms with van der Waals surface area (Å²) in [6.07, 6.45) is 0.208. The van der Waals surface area contributed by atoms with Crippen molar-refractivity contribution in [2.24, 2.45) is 5.73 Å². The number of aliphatic hydroxyl groups is 1. The average Bonchev–Trinajstić information content (AvgIpc) is 2.35. The number of rotatable bonds is 6. The van der Waals surface area contributed by atoms with E-state index in [9.17, 15) is 5.11 Å². The molecule has 0 heterocycles. The van der Waals surface area contributed by atoms with Crippen molar-refractivity contribution in [3.63, 3.8) is 0 Å². The Labute approximate surface area is 102 Å². The molecule has 2 unspecified atom stereocenters. The fraction of sp³-hybridized carbons (Fsp3) is 0.538. The standard InChI is InChI=1S/C13H21NO3/c1-4-10(15)8-17-13-7-11(16-3)5-6-12(13)9(2)14/h5-7,9-10,15H,4,8,14H2,1-3H3. The van der Waals surface area contributed by atoms with Crippen LogP contribution in [0.15, 0.2) is 18.2 Å². The molecule has 3 N–H and O–H groups in total. The van der Waals surface area contributed by atoms with Crippen molar-refractivity contribution in [2.45, 2.75) is 32.4 Å². The van der Waals surface area contributed by atoms with E-state index in [0.29, 0.717) is 12.2 Å². The first kappa shape index (κ1) is 13.8. The zero-order valence-electron chi connectivity index (χ0n) is 10.6. The molecule has 0 radical (unpaired) electrons. The second kappa shape index (κ2) is 6.47. The van der Waals surface area contributed by atoms with Crippen molar-refractivity contribution in [3.05, 3.63) is 23.8 Å². The molecular formula is C13H21NO3. The van der Waals surface area contributed by atoms with E-state index in [1.807, 2.05) is 26.0 Å². The van der Waals surface area contributed by atoms with E-state index < -0.39 is 6.10 Å². The topological polar surface area (TPSA) is 64.7 Å². The summed E-state index contributed by atoms with van der Waals surface area (Å²) in [6.45, 7) is 4.07. The normalized spacial score (nSPS) is 14.2. The number of hydrogen-bond donors (Lipinski definition) is 2. The minimum atomic E-state index is -0.456. The molecule has 0 spiro atoms. The Hall–Kier alpha value is -1.26. The van der Waals surface area contributed by atoms with Gasteiger partial charge in [-0.3, -0.25) is 0 Å². The molecule has 0 fully saturated rings. The lowest BCUT2D eigenvalue weighted by atomic mass is 10.1. The van der Waals surface area contributed by atoms with Crippen LogP contribution in [0.25, 0.3) is 0 Å². The average molecular weight is 239 g/mol. The van der Waals surface area contributed by atoms with Crippen LogP contribution >= 0.6 is 0 Å². The van der Waals surface area contributed by atoms with Crippen LogP contribution in [-0.4, -0.2) is 24.9 Å². The molecule has 0 aliphatic carbocycles. The van der Waals surface area contributed by atoms with Crippen molar-refractivity contribution >= 4 is 0 Å². The fourth-order valence-corrected chi connectivity index (χ4v) is 1.45. The smallest absolute Gasteiger partial charge is 0.127 e. The Balaban J connectivity index is 2.85. The Morgan fingerprint density at radius 3 is 2.65 bits per heavy atom. The van der Waals surface area contributed by atoms with Gasteiger partial charge in [-0.15, -0.1) is 0 Å². The van der Waals surface area contributed by atoms with Gasteiger partial charge < -0.3 is 20.3 Å². The first-order valence-corrected chi connectivity index (χ1v) is 5.82. The molecule has 0 saturated carbocycles. The maximum atomic E-state index is 9.49. The third kappa shape index (κ3) is 3.91. The monoisotopic (exact) mass is 239 g/mol. The predicted octanol–water partition coefficient (Wildman–Crippen LogP) is 1.86. The maximum absolute atomic E-state index is 9.49. The Morgan fingerprint density at radius 2 is 2.12 bits per heavy atom. The third-order valence-electron chi connectivity index (χ3n) is 2.61. The van der Waals surface area contributed by atoms with Crippen LogP contribution in [0.3, 0.4) is 0 Å². The molecule has 0 aliphatic heterocycles. The number of aliphatic hydroxyl groups excluding tert-OH is 1. The fourth-order valence-electron chi connectivity index (χ4n) is 1.45. The number of benzene rings is 1. The molecule has 0 aliphatic rings. The summed E-state index contributed by atoms with van der Waals surface area (Å²) < 4.78 is 10.7. The van der Waals surface area contributed by atoms with Crippen LogP contribution in [0, 0.1) is 0 Å². The lowest BCUT2D eigenvalue weighted by Crippen LogP contribution is -2.17. The molecule has 1 aromatic carbocycles. The zero-order valence-corrected chi connectivity index (χ0v) is 10.6. The maximum Gasteiger partial charge on any atom is 0.127 e. The first-order chi connectivity index (χ1) is 8.08. The highest BCUT2D eigenvalue weighted by Crippen LogP contribution is 2.28. The number of ether oxygens (including phenoxy) is 2. The SMILES string of the molecule is CCC(O)COc1cc(OC)ccc1C(C)N. The molecule has 17 heavy (non-hydrogen) atoms.